The highest BCUT2D eigenvalue weighted by Crippen LogP contribution is 2.28. The van der Waals surface area contributed by atoms with Crippen LogP contribution in [0.2, 0.25) is 0 Å². The first-order valence-corrected chi connectivity index (χ1v) is 9.35. The number of aryl methyl sites for hydroxylation is 3. The Morgan fingerprint density at radius 1 is 1.03 bits per heavy atom. The molecule has 0 aliphatic carbocycles. The number of nitrogens with zero attached hydrogens (tertiary/aromatic N) is 4. The zero-order valence-corrected chi connectivity index (χ0v) is 16.6. The molecule has 29 heavy (non-hydrogen) atoms. The third-order valence-corrected chi connectivity index (χ3v) is 4.86. The van der Waals surface area contributed by atoms with Crippen molar-refractivity contribution in [1.82, 2.24) is 14.5 Å². The molecule has 4 rings (SSSR count). The van der Waals surface area contributed by atoms with Gasteiger partial charge in [-0.25, -0.2) is 4.98 Å². The Balaban J connectivity index is 1.84. The van der Waals surface area contributed by atoms with Crippen molar-refractivity contribution in [2.24, 2.45) is 0 Å². The van der Waals surface area contributed by atoms with E-state index in [1.807, 2.05) is 30.5 Å². The second-order valence-corrected chi connectivity index (χ2v) is 7.20. The van der Waals surface area contributed by atoms with E-state index in [1.54, 1.807) is 24.3 Å². The van der Waals surface area contributed by atoms with Crippen LogP contribution in [-0.2, 0) is 6.54 Å². The standard InChI is InChI=1S/C23H21N5O/c1-14-10-15(2)22-20(11-14)28(13-19-21(29)9-4-16(3)25-19)23(27-22)26-18-7-5-17(12-24)6-8-18/h4-11,29H,13H2,1-3H3,(H,26,27). The van der Waals surface area contributed by atoms with E-state index in [0.717, 1.165) is 33.5 Å². The number of fused-ring (bicyclic) bond motifs is 1. The van der Waals surface area contributed by atoms with Crippen molar-refractivity contribution in [1.29, 1.82) is 5.26 Å². The first-order valence-electron chi connectivity index (χ1n) is 9.35. The third kappa shape index (κ3) is 3.63. The molecule has 0 saturated heterocycles. The Labute approximate surface area is 169 Å². The summed E-state index contributed by atoms with van der Waals surface area (Å²) in [5.74, 6) is 0.812. The van der Waals surface area contributed by atoms with E-state index in [1.165, 1.54) is 0 Å². The number of imidazole rings is 1. The molecule has 0 unspecified atom stereocenters. The SMILES string of the molecule is Cc1cc(C)c2nc(Nc3ccc(C#N)cc3)n(Cc3nc(C)ccc3O)c2c1. The van der Waals surface area contributed by atoms with Gasteiger partial charge in [0.25, 0.3) is 0 Å². The van der Waals surface area contributed by atoms with Crippen LogP contribution in [0.3, 0.4) is 0 Å². The smallest absolute Gasteiger partial charge is 0.208 e. The average molecular weight is 383 g/mol. The summed E-state index contributed by atoms with van der Waals surface area (Å²) in [7, 11) is 0. The average Bonchev–Trinajstić information content (AvgIpc) is 3.03. The lowest BCUT2D eigenvalue weighted by Crippen LogP contribution is -2.07. The number of nitriles is 1. The van der Waals surface area contributed by atoms with Gasteiger partial charge in [0, 0.05) is 11.4 Å². The summed E-state index contributed by atoms with van der Waals surface area (Å²) in [4.78, 5) is 9.32. The highest BCUT2D eigenvalue weighted by Gasteiger charge is 2.16. The number of aromatic nitrogens is 3. The molecular weight excluding hydrogens is 362 g/mol. The van der Waals surface area contributed by atoms with Gasteiger partial charge >= 0.3 is 0 Å². The molecule has 0 bridgehead atoms. The minimum absolute atomic E-state index is 0.158. The van der Waals surface area contributed by atoms with E-state index in [9.17, 15) is 5.11 Å². The van der Waals surface area contributed by atoms with Gasteiger partial charge in [-0.1, -0.05) is 6.07 Å². The Morgan fingerprint density at radius 2 is 1.79 bits per heavy atom. The van der Waals surface area contributed by atoms with Gasteiger partial charge in [0.15, 0.2) is 0 Å². The number of pyridine rings is 1. The first-order chi connectivity index (χ1) is 13.9. The maximum absolute atomic E-state index is 10.3. The number of rotatable bonds is 4. The van der Waals surface area contributed by atoms with Crippen molar-refractivity contribution in [3.63, 3.8) is 0 Å². The molecule has 0 radical (unpaired) electrons. The molecule has 0 fully saturated rings. The van der Waals surface area contributed by atoms with Gasteiger partial charge in [0.2, 0.25) is 5.95 Å². The maximum atomic E-state index is 10.3. The molecule has 0 aliphatic heterocycles. The summed E-state index contributed by atoms with van der Waals surface area (Å²) < 4.78 is 2.02. The quantitative estimate of drug-likeness (QED) is 0.532. The number of anilines is 2. The topological polar surface area (TPSA) is 86.8 Å². The van der Waals surface area contributed by atoms with E-state index >= 15 is 0 Å². The van der Waals surface area contributed by atoms with E-state index in [-0.39, 0.29) is 5.75 Å². The Hall–Kier alpha value is -3.85. The highest BCUT2D eigenvalue weighted by molar-refractivity contribution is 5.83. The number of nitrogens with one attached hydrogen (secondary N) is 1. The molecule has 0 spiro atoms. The predicted octanol–water partition coefficient (Wildman–Crippen LogP) is 4.73. The van der Waals surface area contributed by atoms with Crippen molar-refractivity contribution in [2.45, 2.75) is 27.3 Å². The van der Waals surface area contributed by atoms with Crippen molar-refractivity contribution in [3.8, 4) is 11.8 Å². The molecule has 0 atom stereocenters. The second-order valence-electron chi connectivity index (χ2n) is 7.20. The zero-order chi connectivity index (χ0) is 20.5. The third-order valence-electron chi connectivity index (χ3n) is 4.86. The molecule has 0 amide bonds. The van der Waals surface area contributed by atoms with Crippen LogP contribution in [0.15, 0.2) is 48.5 Å². The molecule has 6 heteroatoms. The minimum Gasteiger partial charge on any atom is -0.506 e. The maximum Gasteiger partial charge on any atom is 0.208 e. The zero-order valence-electron chi connectivity index (χ0n) is 16.6. The Kier molecular flexibility index (Phi) is 4.65. The second kappa shape index (κ2) is 7.28. The van der Waals surface area contributed by atoms with Crippen molar-refractivity contribution >= 4 is 22.7 Å². The molecule has 2 heterocycles. The first kappa shape index (κ1) is 18.5. The largest absolute Gasteiger partial charge is 0.506 e. The lowest BCUT2D eigenvalue weighted by Gasteiger charge is -2.12. The summed E-state index contributed by atoms with van der Waals surface area (Å²) in [5, 5.41) is 22.7. The van der Waals surface area contributed by atoms with Crippen molar-refractivity contribution in [2.75, 3.05) is 5.32 Å². The molecule has 144 valence electrons. The van der Waals surface area contributed by atoms with Crippen LogP contribution in [0.5, 0.6) is 5.75 Å². The van der Waals surface area contributed by atoms with Gasteiger partial charge in [0.1, 0.15) is 11.4 Å². The fourth-order valence-electron chi connectivity index (χ4n) is 3.45. The van der Waals surface area contributed by atoms with E-state index in [2.05, 4.69) is 35.4 Å². The molecule has 0 saturated carbocycles. The van der Waals surface area contributed by atoms with Gasteiger partial charge in [-0.2, -0.15) is 5.26 Å². The predicted molar refractivity (Wildman–Crippen MR) is 113 cm³/mol. The monoisotopic (exact) mass is 383 g/mol. The van der Waals surface area contributed by atoms with Crippen LogP contribution in [0, 0.1) is 32.1 Å². The van der Waals surface area contributed by atoms with E-state index in [4.69, 9.17) is 10.2 Å². The molecule has 2 aromatic heterocycles. The number of aromatic hydroxyl groups is 1. The molecule has 2 N–H and O–H groups in total. The van der Waals surface area contributed by atoms with E-state index in [0.29, 0.717) is 23.8 Å². The van der Waals surface area contributed by atoms with Crippen LogP contribution in [0.4, 0.5) is 11.6 Å². The minimum atomic E-state index is 0.158. The van der Waals surface area contributed by atoms with Gasteiger partial charge in [-0.15, -0.1) is 0 Å². The molecular formula is C23H21N5O. The lowest BCUT2D eigenvalue weighted by molar-refractivity contribution is 0.461. The molecule has 0 aliphatic rings. The number of benzene rings is 2. The van der Waals surface area contributed by atoms with Gasteiger partial charge in [0.05, 0.1) is 29.2 Å². The van der Waals surface area contributed by atoms with Crippen LogP contribution < -0.4 is 5.32 Å². The van der Waals surface area contributed by atoms with Gasteiger partial charge in [-0.05, 0) is 74.4 Å². The van der Waals surface area contributed by atoms with Crippen LogP contribution >= 0.6 is 0 Å². The molecule has 6 nitrogen and oxygen atoms in total. The summed E-state index contributed by atoms with van der Waals surface area (Å²) in [6.45, 7) is 6.38. The summed E-state index contributed by atoms with van der Waals surface area (Å²) in [6, 6.07) is 17.0. The van der Waals surface area contributed by atoms with Crippen molar-refractivity contribution < 1.29 is 5.11 Å². The van der Waals surface area contributed by atoms with Crippen LogP contribution in [0.25, 0.3) is 11.0 Å². The Morgan fingerprint density at radius 3 is 2.52 bits per heavy atom. The van der Waals surface area contributed by atoms with Crippen LogP contribution in [-0.4, -0.2) is 19.6 Å². The van der Waals surface area contributed by atoms with Crippen LogP contribution in [0.1, 0.15) is 28.1 Å². The summed E-state index contributed by atoms with van der Waals surface area (Å²) in [6.07, 6.45) is 0. The fraction of sp³-hybridized carbons (Fsp3) is 0.174. The summed E-state index contributed by atoms with van der Waals surface area (Å²) >= 11 is 0. The molecule has 4 aromatic rings. The van der Waals surface area contributed by atoms with Crippen molar-refractivity contribution in [3.05, 3.63) is 76.6 Å². The fourth-order valence-corrected chi connectivity index (χ4v) is 3.45. The van der Waals surface area contributed by atoms with Gasteiger partial charge in [-0.3, -0.25) is 4.98 Å². The number of hydrogen-bond acceptors (Lipinski definition) is 5. The van der Waals surface area contributed by atoms with Gasteiger partial charge < -0.3 is 15.0 Å². The lowest BCUT2D eigenvalue weighted by atomic mass is 10.1. The van der Waals surface area contributed by atoms with E-state index < -0.39 is 0 Å². The normalized spacial score (nSPS) is 10.8. The summed E-state index contributed by atoms with van der Waals surface area (Å²) in [5.41, 5.74) is 6.97. The Bertz CT molecular complexity index is 1250. The number of hydrogen-bond donors (Lipinski definition) is 2. The molecule has 2 aromatic carbocycles. The highest BCUT2D eigenvalue weighted by atomic mass is 16.3.